The third kappa shape index (κ3) is 1.12. The molecule has 0 aliphatic carbocycles. The van der Waals surface area contributed by atoms with Gasteiger partial charge < -0.3 is 0 Å². The van der Waals surface area contributed by atoms with E-state index >= 15 is 0 Å². The number of hydrogen-bond donors (Lipinski definition) is 1. The summed E-state index contributed by atoms with van der Waals surface area (Å²) in [6.07, 6.45) is 0. The molecule has 1 aromatic rings. The van der Waals surface area contributed by atoms with Crippen LogP contribution in [0.1, 0.15) is 0 Å². The van der Waals surface area contributed by atoms with Crippen LogP contribution in [0.25, 0.3) is 0 Å². The fourth-order valence-electron chi connectivity index (χ4n) is 0.957. The zero-order chi connectivity index (χ0) is 7.84. The molecule has 0 unspecified atom stereocenters. The molecule has 58 valence electrons. The van der Waals surface area contributed by atoms with Gasteiger partial charge in [-0.15, -0.1) is 0 Å². The number of rotatable bonds is 0. The quantitative estimate of drug-likeness (QED) is 0.597. The number of nitrogens with one attached hydrogen (secondary N) is 1. The Hall–Kier alpha value is -0.620. The summed E-state index contributed by atoms with van der Waals surface area (Å²) in [4.78, 5) is 17.6. The molecule has 1 aliphatic rings. The predicted octanol–water partition coefficient (Wildman–Crippen LogP) is 0.407. The van der Waals surface area contributed by atoms with Crippen molar-refractivity contribution in [2.24, 2.45) is 0 Å². The fourth-order valence-corrected chi connectivity index (χ4v) is 2.13. The highest BCUT2D eigenvalue weighted by molar-refractivity contribution is 7.99. The van der Waals surface area contributed by atoms with Gasteiger partial charge in [0.05, 0.1) is 0 Å². The molecule has 0 saturated carbocycles. The molecule has 6 heteroatoms. The molecule has 1 aromatic heterocycles. The van der Waals surface area contributed by atoms with Crippen molar-refractivity contribution in [1.29, 1.82) is 0 Å². The lowest BCUT2D eigenvalue weighted by molar-refractivity contribution is 0.619. The number of H-pyrrole nitrogens is 1. The van der Waals surface area contributed by atoms with Gasteiger partial charge in [0.25, 0.3) is 0 Å². The molecule has 0 amide bonds. The van der Waals surface area contributed by atoms with E-state index in [0.717, 1.165) is 17.5 Å². The Balaban J connectivity index is 2.80. The Labute approximate surface area is 71.7 Å². The lowest BCUT2D eigenvalue weighted by atomic mass is 10.7. The van der Waals surface area contributed by atoms with Gasteiger partial charge in [0.2, 0.25) is 4.77 Å². The van der Waals surface area contributed by atoms with Gasteiger partial charge in [0.15, 0.2) is 5.16 Å². The Morgan fingerprint density at radius 1 is 1.73 bits per heavy atom. The maximum absolute atomic E-state index is 11.1. The largest absolute Gasteiger partial charge is 0.329 e. The van der Waals surface area contributed by atoms with Crippen LogP contribution in [0.3, 0.4) is 0 Å². The van der Waals surface area contributed by atoms with Crippen molar-refractivity contribution in [2.45, 2.75) is 11.7 Å². The second kappa shape index (κ2) is 2.46. The summed E-state index contributed by atoms with van der Waals surface area (Å²) in [5.41, 5.74) is -0.148. The molecule has 4 nitrogen and oxygen atoms in total. The number of aromatic nitrogens is 3. The normalized spacial score (nSPS) is 14.9. The van der Waals surface area contributed by atoms with Gasteiger partial charge in [0.1, 0.15) is 0 Å². The molecule has 0 spiro atoms. The lowest BCUT2D eigenvalue weighted by Crippen LogP contribution is -2.23. The molecule has 0 atom stereocenters. The molecular formula is C5H5N3OS2. The van der Waals surface area contributed by atoms with Crippen LogP contribution in [0.5, 0.6) is 0 Å². The molecular weight excluding hydrogens is 182 g/mol. The third-order valence-electron chi connectivity index (χ3n) is 1.43. The van der Waals surface area contributed by atoms with Crippen molar-refractivity contribution in [1.82, 2.24) is 14.5 Å². The Morgan fingerprint density at radius 3 is 3.36 bits per heavy atom. The first-order chi connectivity index (χ1) is 5.27. The van der Waals surface area contributed by atoms with Gasteiger partial charge >= 0.3 is 5.69 Å². The summed E-state index contributed by atoms with van der Waals surface area (Å²) in [6.45, 7) is 0.734. The van der Waals surface area contributed by atoms with E-state index in [1.807, 2.05) is 0 Å². The van der Waals surface area contributed by atoms with E-state index in [1.54, 1.807) is 16.3 Å². The van der Waals surface area contributed by atoms with Crippen LogP contribution in [0.4, 0.5) is 0 Å². The highest BCUT2D eigenvalue weighted by atomic mass is 32.2. The topological polar surface area (TPSA) is 50.7 Å². The number of thioether (sulfide) groups is 1. The smallest absolute Gasteiger partial charge is 0.282 e. The average molecular weight is 187 g/mol. The van der Waals surface area contributed by atoms with E-state index in [-0.39, 0.29) is 10.5 Å². The molecule has 0 fully saturated rings. The van der Waals surface area contributed by atoms with Gasteiger partial charge in [-0.2, -0.15) is 4.98 Å². The molecule has 11 heavy (non-hydrogen) atoms. The second-order valence-corrected chi connectivity index (χ2v) is 3.58. The van der Waals surface area contributed by atoms with Crippen LogP contribution >= 0.6 is 24.0 Å². The van der Waals surface area contributed by atoms with Crippen molar-refractivity contribution in [3.05, 3.63) is 15.3 Å². The number of fused-ring (bicyclic) bond motifs is 1. The minimum atomic E-state index is -0.148. The molecule has 1 aliphatic heterocycles. The van der Waals surface area contributed by atoms with Crippen molar-refractivity contribution in [3.8, 4) is 0 Å². The first-order valence-electron chi connectivity index (χ1n) is 3.11. The van der Waals surface area contributed by atoms with Crippen LogP contribution < -0.4 is 5.69 Å². The molecule has 0 bridgehead atoms. The maximum Gasteiger partial charge on any atom is 0.329 e. The summed E-state index contributed by atoms with van der Waals surface area (Å²) in [5, 5.41) is 0.735. The highest BCUT2D eigenvalue weighted by Gasteiger charge is 2.12. The summed E-state index contributed by atoms with van der Waals surface area (Å²) in [5.74, 6) is 0.912. The zero-order valence-electron chi connectivity index (χ0n) is 5.53. The lowest BCUT2D eigenvalue weighted by Gasteiger charge is -1.96. The standard InChI is InChI=1S/C5H5N3OS2/c9-4-6-3(10)7-5-8(4)1-2-11-5/h1-2H2,(H,6,9,10). The minimum absolute atomic E-state index is 0.148. The van der Waals surface area contributed by atoms with Gasteiger partial charge in [-0.1, -0.05) is 11.8 Å². The summed E-state index contributed by atoms with van der Waals surface area (Å²) >= 11 is 6.31. The van der Waals surface area contributed by atoms with Gasteiger partial charge in [-0.3, -0.25) is 9.55 Å². The fraction of sp³-hybridized carbons (Fsp3) is 0.400. The summed E-state index contributed by atoms with van der Waals surface area (Å²) < 4.78 is 1.87. The molecule has 2 heterocycles. The van der Waals surface area contributed by atoms with E-state index < -0.39 is 0 Å². The Bertz CT molecular complexity index is 393. The second-order valence-electron chi connectivity index (χ2n) is 2.13. The first kappa shape index (κ1) is 7.05. The SMILES string of the molecule is O=c1[nH]c(=S)nc2n1CCS2. The van der Waals surface area contributed by atoms with Crippen molar-refractivity contribution in [2.75, 3.05) is 5.75 Å². The van der Waals surface area contributed by atoms with Crippen LogP contribution in [0.2, 0.25) is 0 Å². The Morgan fingerprint density at radius 2 is 2.55 bits per heavy atom. The van der Waals surface area contributed by atoms with E-state index in [4.69, 9.17) is 12.2 Å². The zero-order valence-corrected chi connectivity index (χ0v) is 7.17. The van der Waals surface area contributed by atoms with Crippen molar-refractivity contribution in [3.63, 3.8) is 0 Å². The predicted molar refractivity (Wildman–Crippen MR) is 44.4 cm³/mol. The van der Waals surface area contributed by atoms with Crippen molar-refractivity contribution >= 4 is 24.0 Å². The van der Waals surface area contributed by atoms with E-state index in [1.165, 1.54) is 0 Å². The molecule has 2 rings (SSSR count). The van der Waals surface area contributed by atoms with E-state index in [9.17, 15) is 4.79 Å². The number of aromatic amines is 1. The monoisotopic (exact) mass is 187 g/mol. The third-order valence-corrected chi connectivity index (χ3v) is 2.58. The van der Waals surface area contributed by atoms with E-state index in [0.29, 0.717) is 0 Å². The van der Waals surface area contributed by atoms with Crippen molar-refractivity contribution < 1.29 is 0 Å². The molecule has 0 aromatic carbocycles. The van der Waals surface area contributed by atoms with Crippen LogP contribution in [0.15, 0.2) is 9.95 Å². The molecule has 0 saturated heterocycles. The van der Waals surface area contributed by atoms with Gasteiger partial charge in [-0.25, -0.2) is 4.79 Å². The highest BCUT2D eigenvalue weighted by Crippen LogP contribution is 2.19. The van der Waals surface area contributed by atoms with E-state index in [2.05, 4.69) is 9.97 Å². The number of hydrogen-bond acceptors (Lipinski definition) is 4. The molecule has 1 N–H and O–H groups in total. The average Bonchev–Trinajstić information content (AvgIpc) is 2.34. The summed E-state index contributed by atoms with van der Waals surface area (Å²) in [7, 11) is 0. The van der Waals surface area contributed by atoms with Gasteiger partial charge in [-0.05, 0) is 12.2 Å². The minimum Gasteiger partial charge on any atom is -0.282 e. The van der Waals surface area contributed by atoms with Crippen LogP contribution in [-0.4, -0.2) is 20.3 Å². The maximum atomic E-state index is 11.1. The number of nitrogens with zero attached hydrogens (tertiary/aromatic N) is 2. The van der Waals surface area contributed by atoms with Crippen LogP contribution in [-0.2, 0) is 6.54 Å². The first-order valence-corrected chi connectivity index (χ1v) is 4.51. The van der Waals surface area contributed by atoms with Crippen LogP contribution in [0, 0.1) is 4.77 Å². The van der Waals surface area contributed by atoms with Gasteiger partial charge in [0, 0.05) is 12.3 Å². The summed E-state index contributed by atoms with van der Waals surface area (Å²) in [6, 6.07) is 0. The Kier molecular flexibility index (Phi) is 1.57. The molecule has 0 radical (unpaired) electrons.